The van der Waals surface area contributed by atoms with Gasteiger partial charge in [-0.15, -0.1) is 0 Å². The van der Waals surface area contributed by atoms with Gasteiger partial charge in [0.05, 0.1) is 12.7 Å². The summed E-state index contributed by atoms with van der Waals surface area (Å²) >= 11 is 1.50. The number of methoxy groups -OCH3 is 1. The van der Waals surface area contributed by atoms with E-state index < -0.39 is 5.92 Å². The SMILES string of the molecule is COc1ccc(C2C3=C(CC(C)(C)CC3=O)Nc3nc(SCc4ccccc4C)[nH]c(=O)c32)cc1. The molecule has 0 saturated heterocycles. The number of nitrogens with zero attached hydrogens (tertiary/aromatic N) is 1. The van der Waals surface area contributed by atoms with Crippen LogP contribution in [0.1, 0.15) is 54.9 Å². The number of aryl methyl sites for hydroxylation is 1. The first-order valence-electron chi connectivity index (χ1n) is 11.7. The number of aromatic nitrogens is 2. The quantitative estimate of drug-likeness (QED) is 0.361. The molecule has 0 radical (unpaired) electrons. The van der Waals surface area contributed by atoms with Crippen LogP contribution in [0.5, 0.6) is 5.75 Å². The molecule has 2 aromatic carbocycles. The van der Waals surface area contributed by atoms with Crippen LogP contribution in [0.4, 0.5) is 5.82 Å². The first-order valence-corrected chi connectivity index (χ1v) is 12.7. The molecule has 5 rings (SSSR count). The van der Waals surface area contributed by atoms with Crippen LogP contribution < -0.4 is 15.6 Å². The average Bonchev–Trinajstić information content (AvgIpc) is 2.81. The molecule has 2 aliphatic rings. The number of hydrogen-bond donors (Lipinski definition) is 2. The minimum Gasteiger partial charge on any atom is -0.497 e. The molecule has 1 aromatic heterocycles. The molecule has 6 nitrogen and oxygen atoms in total. The van der Waals surface area contributed by atoms with E-state index in [0.29, 0.717) is 34.3 Å². The fourth-order valence-electron chi connectivity index (χ4n) is 5.01. The first kappa shape index (κ1) is 23.4. The molecule has 3 aromatic rings. The molecular formula is C28H29N3O3S. The van der Waals surface area contributed by atoms with Crippen LogP contribution in [0.15, 0.2) is 69.8 Å². The standard InChI is InChI=1S/C28H29N3O3S/c1-16-7-5-6-8-18(16)15-35-27-30-25-24(26(33)31-27)22(17-9-11-19(34-4)12-10-17)23-20(29-25)13-28(2,3)14-21(23)32/h5-12,22H,13-15H2,1-4H3,(H2,29,30,31,33). The molecule has 2 heterocycles. The van der Waals surface area contributed by atoms with E-state index in [1.54, 1.807) is 7.11 Å². The van der Waals surface area contributed by atoms with Gasteiger partial charge in [-0.25, -0.2) is 4.98 Å². The van der Waals surface area contributed by atoms with Crippen LogP contribution in [0, 0.1) is 12.3 Å². The Morgan fingerprint density at radius 2 is 1.83 bits per heavy atom. The van der Waals surface area contributed by atoms with Crippen LogP contribution in [0.25, 0.3) is 0 Å². The zero-order valence-corrected chi connectivity index (χ0v) is 21.2. The number of anilines is 1. The second-order valence-corrected chi connectivity index (χ2v) is 11.0. The number of carbonyl (C=O) groups is 1. The van der Waals surface area contributed by atoms with E-state index in [2.05, 4.69) is 43.2 Å². The third-order valence-corrected chi connectivity index (χ3v) is 7.70. The van der Waals surface area contributed by atoms with Crippen molar-refractivity contribution in [3.05, 3.63) is 92.4 Å². The number of nitrogens with one attached hydrogen (secondary N) is 2. The normalized spacial score (nSPS) is 18.5. The average molecular weight is 488 g/mol. The zero-order valence-electron chi connectivity index (χ0n) is 20.4. The minimum absolute atomic E-state index is 0.0765. The fraction of sp³-hybridized carbons (Fsp3) is 0.321. The Kier molecular flexibility index (Phi) is 6.05. The summed E-state index contributed by atoms with van der Waals surface area (Å²) < 4.78 is 5.32. The lowest BCUT2D eigenvalue weighted by Gasteiger charge is -2.38. The van der Waals surface area contributed by atoms with E-state index in [1.165, 1.54) is 22.9 Å². The van der Waals surface area contributed by atoms with E-state index in [0.717, 1.165) is 23.4 Å². The molecule has 0 fully saturated rings. The number of thioether (sulfide) groups is 1. The summed E-state index contributed by atoms with van der Waals surface area (Å²) in [7, 11) is 1.62. The Labute approximate surface area is 209 Å². The Morgan fingerprint density at radius 3 is 2.54 bits per heavy atom. The van der Waals surface area contributed by atoms with Crippen LogP contribution in [0.2, 0.25) is 0 Å². The maximum absolute atomic E-state index is 13.5. The van der Waals surface area contributed by atoms with Crippen LogP contribution in [0.3, 0.4) is 0 Å². The van der Waals surface area contributed by atoms with Crippen LogP contribution in [-0.4, -0.2) is 22.9 Å². The van der Waals surface area contributed by atoms with Gasteiger partial charge in [0.2, 0.25) is 0 Å². The third-order valence-electron chi connectivity index (χ3n) is 6.77. The highest BCUT2D eigenvalue weighted by atomic mass is 32.2. The lowest BCUT2D eigenvalue weighted by Crippen LogP contribution is -2.37. The number of hydrogen-bond acceptors (Lipinski definition) is 6. The molecule has 0 saturated carbocycles. The van der Waals surface area contributed by atoms with Gasteiger partial charge in [0, 0.05) is 29.4 Å². The molecule has 0 amide bonds. The summed E-state index contributed by atoms with van der Waals surface area (Å²) in [6, 6.07) is 15.8. The third kappa shape index (κ3) is 4.52. The van der Waals surface area contributed by atoms with Gasteiger partial charge in [-0.3, -0.25) is 9.59 Å². The van der Waals surface area contributed by atoms with Crippen molar-refractivity contribution >= 4 is 23.4 Å². The van der Waals surface area contributed by atoms with Crippen molar-refractivity contribution in [2.75, 3.05) is 12.4 Å². The fourth-order valence-corrected chi connectivity index (χ4v) is 5.95. The van der Waals surface area contributed by atoms with Crippen molar-refractivity contribution < 1.29 is 9.53 Å². The lowest BCUT2D eigenvalue weighted by molar-refractivity contribution is -0.118. The Bertz CT molecular complexity index is 1390. The molecule has 7 heteroatoms. The molecule has 1 aliphatic heterocycles. The number of benzene rings is 2. The van der Waals surface area contributed by atoms with Crippen molar-refractivity contribution in [1.82, 2.24) is 9.97 Å². The topological polar surface area (TPSA) is 84.1 Å². The van der Waals surface area contributed by atoms with E-state index in [9.17, 15) is 9.59 Å². The Morgan fingerprint density at radius 1 is 1.09 bits per heavy atom. The first-order chi connectivity index (χ1) is 16.8. The van der Waals surface area contributed by atoms with Crippen LogP contribution in [-0.2, 0) is 10.5 Å². The molecule has 35 heavy (non-hydrogen) atoms. The molecule has 0 spiro atoms. The summed E-state index contributed by atoms with van der Waals surface area (Å²) in [5.41, 5.74) is 4.93. The summed E-state index contributed by atoms with van der Waals surface area (Å²) in [5, 5.41) is 3.95. The zero-order chi connectivity index (χ0) is 24.7. The van der Waals surface area contributed by atoms with Gasteiger partial charge in [0.1, 0.15) is 11.6 Å². The number of carbonyl (C=O) groups excluding carboxylic acids is 1. The molecule has 2 N–H and O–H groups in total. The molecule has 1 atom stereocenters. The summed E-state index contributed by atoms with van der Waals surface area (Å²) in [6.45, 7) is 6.28. The summed E-state index contributed by atoms with van der Waals surface area (Å²) in [4.78, 5) is 34.6. The number of H-pyrrole nitrogens is 1. The van der Waals surface area contributed by atoms with Gasteiger partial charge >= 0.3 is 0 Å². The van der Waals surface area contributed by atoms with E-state index in [4.69, 9.17) is 9.72 Å². The maximum atomic E-state index is 13.5. The van der Waals surface area contributed by atoms with E-state index >= 15 is 0 Å². The molecule has 0 bridgehead atoms. The predicted octanol–water partition coefficient (Wildman–Crippen LogP) is 5.58. The van der Waals surface area contributed by atoms with Crippen molar-refractivity contribution in [3.8, 4) is 5.75 Å². The molecular weight excluding hydrogens is 458 g/mol. The van der Waals surface area contributed by atoms with Gasteiger partial charge in [0.25, 0.3) is 5.56 Å². The summed E-state index contributed by atoms with van der Waals surface area (Å²) in [6.07, 6.45) is 1.17. The van der Waals surface area contributed by atoms with Crippen LogP contribution >= 0.6 is 11.8 Å². The predicted molar refractivity (Wildman–Crippen MR) is 139 cm³/mol. The number of fused-ring (bicyclic) bond motifs is 1. The molecule has 1 aliphatic carbocycles. The highest BCUT2D eigenvalue weighted by molar-refractivity contribution is 7.98. The van der Waals surface area contributed by atoms with Crippen molar-refractivity contribution in [1.29, 1.82) is 0 Å². The van der Waals surface area contributed by atoms with Crippen molar-refractivity contribution in [3.63, 3.8) is 0 Å². The second-order valence-electron chi connectivity index (χ2n) is 10.0. The number of allylic oxidation sites excluding steroid dienone is 2. The van der Waals surface area contributed by atoms with Gasteiger partial charge in [-0.1, -0.05) is 62.0 Å². The molecule has 1 unspecified atom stereocenters. The van der Waals surface area contributed by atoms with E-state index in [-0.39, 0.29) is 16.8 Å². The number of Topliss-reactive ketones (excluding diaryl/α,β-unsaturated/α-hetero) is 1. The van der Waals surface area contributed by atoms with Crippen molar-refractivity contribution in [2.24, 2.45) is 5.41 Å². The maximum Gasteiger partial charge on any atom is 0.257 e. The Balaban J connectivity index is 1.58. The van der Waals surface area contributed by atoms with Crippen molar-refractivity contribution in [2.45, 2.75) is 50.4 Å². The number of ether oxygens (including phenoxy) is 1. The Hall–Kier alpha value is -3.32. The van der Waals surface area contributed by atoms with Gasteiger partial charge < -0.3 is 15.0 Å². The molecule has 180 valence electrons. The van der Waals surface area contributed by atoms with Gasteiger partial charge in [0.15, 0.2) is 10.9 Å². The number of aromatic amines is 1. The highest BCUT2D eigenvalue weighted by Gasteiger charge is 2.42. The number of rotatable bonds is 5. The van der Waals surface area contributed by atoms with Gasteiger partial charge in [-0.05, 0) is 47.6 Å². The van der Waals surface area contributed by atoms with E-state index in [1.807, 2.05) is 36.4 Å². The smallest absolute Gasteiger partial charge is 0.257 e. The summed E-state index contributed by atoms with van der Waals surface area (Å²) in [5.74, 6) is 1.57. The number of ketones is 1. The largest absolute Gasteiger partial charge is 0.497 e. The monoisotopic (exact) mass is 487 g/mol. The lowest BCUT2D eigenvalue weighted by atomic mass is 9.69. The minimum atomic E-state index is -0.470. The second kappa shape index (κ2) is 9.04. The van der Waals surface area contributed by atoms with Gasteiger partial charge in [-0.2, -0.15) is 0 Å². The highest BCUT2D eigenvalue weighted by Crippen LogP contribution is 2.47.